The first-order valence-corrected chi connectivity index (χ1v) is 9.72. The molecule has 29 heavy (non-hydrogen) atoms. The van der Waals surface area contributed by atoms with Crippen LogP contribution < -0.4 is 5.32 Å². The number of hydrogen-bond donors (Lipinski definition) is 1. The van der Waals surface area contributed by atoms with E-state index in [1.165, 1.54) is 0 Å². The van der Waals surface area contributed by atoms with Crippen LogP contribution in [-0.2, 0) is 4.79 Å². The number of imide groups is 1. The highest BCUT2D eigenvalue weighted by atomic mass is 16.2. The molecule has 5 heteroatoms. The van der Waals surface area contributed by atoms with Crippen molar-refractivity contribution in [2.75, 3.05) is 5.32 Å². The Kier molecular flexibility index (Phi) is 4.89. The van der Waals surface area contributed by atoms with E-state index >= 15 is 0 Å². The normalized spacial score (nSPS) is 14.4. The maximum atomic E-state index is 13.2. The summed E-state index contributed by atoms with van der Waals surface area (Å²) in [5.41, 5.74) is 1.34. The number of anilines is 1. The van der Waals surface area contributed by atoms with Crippen LogP contribution >= 0.6 is 0 Å². The third-order valence-electron chi connectivity index (χ3n) is 5.15. The molecular weight excluding hydrogens is 364 g/mol. The Morgan fingerprint density at radius 2 is 1.45 bits per heavy atom. The van der Waals surface area contributed by atoms with Gasteiger partial charge >= 0.3 is 0 Å². The lowest BCUT2D eigenvalue weighted by molar-refractivity contribution is -0.120. The van der Waals surface area contributed by atoms with Gasteiger partial charge in [-0.2, -0.15) is 0 Å². The van der Waals surface area contributed by atoms with Crippen LogP contribution in [0.15, 0.2) is 66.7 Å². The van der Waals surface area contributed by atoms with Crippen LogP contribution in [0.1, 0.15) is 41.0 Å². The molecule has 0 radical (unpaired) electrons. The van der Waals surface area contributed by atoms with Gasteiger partial charge < -0.3 is 5.32 Å². The van der Waals surface area contributed by atoms with Gasteiger partial charge in [0.25, 0.3) is 11.8 Å². The highest BCUT2D eigenvalue weighted by Gasteiger charge is 2.42. The second-order valence-corrected chi connectivity index (χ2v) is 7.72. The molecule has 1 N–H and O–H groups in total. The lowest BCUT2D eigenvalue weighted by Crippen LogP contribution is -2.47. The zero-order valence-electron chi connectivity index (χ0n) is 16.4. The molecule has 0 unspecified atom stereocenters. The van der Waals surface area contributed by atoms with Crippen molar-refractivity contribution >= 4 is 34.2 Å². The number of nitrogens with one attached hydrogen (secondary N) is 1. The van der Waals surface area contributed by atoms with Crippen molar-refractivity contribution in [3.63, 3.8) is 0 Å². The Morgan fingerprint density at radius 3 is 2.07 bits per heavy atom. The van der Waals surface area contributed by atoms with Crippen LogP contribution in [0, 0.1) is 5.92 Å². The lowest BCUT2D eigenvalue weighted by Gasteiger charge is -2.26. The lowest BCUT2D eigenvalue weighted by atomic mass is 10.0. The molecule has 0 saturated carbocycles. The molecule has 3 amide bonds. The summed E-state index contributed by atoms with van der Waals surface area (Å²) in [7, 11) is 0. The Balaban J connectivity index is 1.63. The molecule has 0 spiro atoms. The van der Waals surface area contributed by atoms with E-state index in [9.17, 15) is 14.4 Å². The van der Waals surface area contributed by atoms with Crippen LogP contribution in [0.3, 0.4) is 0 Å². The van der Waals surface area contributed by atoms with Gasteiger partial charge in [-0.05, 0) is 47.4 Å². The first kappa shape index (κ1) is 18.9. The predicted octanol–water partition coefficient (Wildman–Crippen LogP) is 4.49. The van der Waals surface area contributed by atoms with E-state index in [1.807, 2.05) is 56.3 Å². The molecule has 0 bridgehead atoms. The number of benzene rings is 3. The van der Waals surface area contributed by atoms with Crippen molar-refractivity contribution in [1.29, 1.82) is 0 Å². The molecule has 4 rings (SSSR count). The van der Waals surface area contributed by atoms with E-state index in [1.54, 1.807) is 24.3 Å². The molecule has 3 aromatic rings. The number of rotatable bonds is 5. The monoisotopic (exact) mass is 386 g/mol. The van der Waals surface area contributed by atoms with E-state index < -0.39 is 17.9 Å². The number of hydrogen-bond acceptors (Lipinski definition) is 3. The number of nitrogens with zero attached hydrogens (tertiary/aromatic N) is 1. The molecule has 3 aromatic carbocycles. The van der Waals surface area contributed by atoms with Crippen molar-refractivity contribution in [2.24, 2.45) is 5.92 Å². The summed E-state index contributed by atoms with van der Waals surface area (Å²) in [6.45, 7) is 3.93. The van der Waals surface area contributed by atoms with E-state index in [2.05, 4.69) is 5.32 Å². The quantitative estimate of drug-likeness (QED) is 0.657. The molecule has 1 atom stereocenters. The molecule has 0 saturated heterocycles. The average Bonchev–Trinajstić information content (AvgIpc) is 2.96. The van der Waals surface area contributed by atoms with Gasteiger partial charge in [0.2, 0.25) is 5.91 Å². The number of carbonyl (C=O) groups is 3. The molecule has 0 fully saturated rings. The van der Waals surface area contributed by atoms with Crippen molar-refractivity contribution in [1.82, 2.24) is 4.90 Å². The van der Waals surface area contributed by atoms with Gasteiger partial charge in [-0.1, -0.05) is 56.3 Å². The van der Waals surface area contributed by atoms with Crippen molar-refractivity contribution in [2.45, 2.75) is 26.3 Å². The van der Waals surface area contributed by atoms with E-state index in [-0.39, 0.29) is 11.8 Å². The average molecular weight is 386 g/mol. The third-order valence-corrected chi connectivity index (χ3v) is 5.15. The largest absolute Gasteiger partial charge is 0.324 e. The minimum absolute atomic E-state index is 0.131. The number of carbonyl (C=O) groups excluding carboxylic acids is 3. The molecule has 1 aliphatic rings. The third kappa shape index (κ3) is 3.51. The number of amides is 3. The Morgan fingerprint density at radius 1 is 0.862 bits per heavy atom. The van der Waals surface area contributed by atoms with Crippen LogP contribution in [0.5, 0.6) is 0 Å². The smallest absolute Gasteiger partial charge is 0.262 e. The van der Waals surface area contributed by atoms with E-state index in [0.717, 1.165) is 15.7 Å². The van der Waals surface area contributed by atoms with Crippen molar-refractivity contribution < 1.29 is 14.4 Å². The predicted molar refractivity (Wildman–Crippen MR) is 113 cm³/mol. The Bertz CT molecular complexity index is 1080. The second-order valence-electron chi connectivity index (χ2n) is 7.72. The van der Waals surface area contributed by atoms with Gasteiger partial charge in [0, 0.05) is 5.69 Å². The Hall–Kier alpha value is -3.47. The molecule has 1 aliphatic heterocycles. The van der Waals surface area contributed by atoms with Crippen molar-refractivity contribution in [3.05, 3.63) is 77.9 Å². The van der Waals surface area contributed by atoms with Gasteiger partial charge in [-0.15, -0.1) is 0 Å². The summed E-state index contributed by atoms with van der Waals surface area (Å²) in [6, 6.07) is 19.4. The Labute approximate surface area is 169 Å². The topological polar surface area (TPSA) is 66.5 Å². The second kappa shape index (κ2) is 7.51. The van der Waals surface area contributed by atoms with Crippen LogP contribution in [0.4, 0.5) is 5.69 Å². The van der Waals surface area contributed by atoms with E-state index in [0.29, 0.717) is 23.2 Å². The summed E-state index contributed by atoms with van der Waals surface area (Å²) in [6.07, 6.45) is 0.394. The zero-order chi connectivity index (χ0) is 20.5. The minimum Gasteiger partial charge on any atom is -0.324 e. The standard InChI is InChI=1S/C24H22N2O3/c1-15(2)13-21(26-23(28)19-9-5-6-10-20(19)24(26)29)22(27)25-18-12-11-16-7-3-4-8-17(16)14-18/h3-12,14-15,21H,13H2,1-2H3,(H,25,27)/t21-/m0/s1. The van der Waals surface area contributed by atoms with Gasteiger partial charge in [0.1, 0.15) is 6.04 Å². The molecule has 1 heterocycles. The van der Waals surface area contributed by atoms with Crippen LogP contribution in [-0.4, -0.2) is 28.7 Å². The summed E-state index contributed by atoms with van der Waals surface area (Å²) in [5, 5.41) is 4.98. The maximum Gasteiger partial charge on any atom is 0.262 e. The van der Waals surface area contributed by atoms with Crippen molar-refractivity contribution in [3.8, 4) is 0 Å². The van der Waals surface area contributed by atoms with Crippen LogP contribution in [0.2, 0.25) is 0 Å². The highest BCUT2D eigenvalue weighted by molar-refractivity contribution is 6.23. The maximum absolute atomic E-state index is 13.2. The SMILES string of the molecule is CC(C)C[C@@H](C(=O)Nc1ccc2ccccc2c1)N1C(=O)c2ccccc2C1=O. The fraction of sp³-hybridized carbons (Fsp3) is 0.208. The van der Waals surface area contributed by atoms with E-state index in [4.69, 9.17) is 0 Å². The summed E-state index contributed by atoms with van der Waals surface area (Å²) < 4.78 is 0. The molecule has 0 aromatic heterocycles. The zero-order valence-corrected chi connectivity index (χ0v) is 16.4. The molecule has 146 valence electrons. The van der Waals surface area contributed by atoms with Gasteiger partial charge in [-0.25, -0.2) is 0 Å². The van der Waals surface area contributed by atoms with Gasteiger partial charge in [0.05, 0.1) is 11.1 Å². The first-order valence-electron chi connectivity index (χ1n) is 9.72. The summed E-state index contributed by atoms with van der Waals surface area (Å²) >= 11 is 0. The minimum atomic E-state index is -0.867. The molecule has 0 aliphatic carbocycles. The number of fused-ring (bicyclic) bond motifs is 2. The summed E-state index contributed by atoms with van der Waals surface area (Å²) in [4.78, 5) is 40.0. The van der Waals surface area contributed by atoms with Gasteiger partial charge in [-0.3, -0.25) is 19.3 Å². The van der Waals surface area contributed by atoms with Crippen LogP contribution in [0.25, 0.3) is 10.8 Å². The summed E-state index contributed by atoms with van der Waals surface area (Å²) in [5.74, 6) is -1.05. The first-order chi connectivity index (χ1) is 14.0. The highest BCUT2D eigenvalue weighted by Crippen LogP contribution is 2.28. The molecular formula is C24H22N2O3. The fourth-order valence-electron chi connectivity index (χ4n) is 3.76. The van der Waals surface area contributed by atoms with Gasteiger partial charge in [0.15, 0.2) is 0 Å². The molecule has 5 nitrogen and oxygen atoms in total. The fourth-order valence-corrected chi connectivity index (χ4v) is 3.76.